The zero-order chi connectivity index (χ0) is 14.6. The molecular formula is C14H25N3O3. The number of carboxylic acids is 1. The number of carbonyl (C=O) groups is 2. The van der Waals surface area contributed by atoms with Gasteiger partial charge in [-0.3, -0.25) is 9.69 Å². The highest BCUT2D eigenvalue weighted by Crippen LogP contribution is 2.47. The summed E-state index contributed by atoms with van der Waals surface area (Å²) in [7, 11) is 0. The van der Waals surface area contributed by atoms with E-state index in [1.807, 2.05) is 9.80 Å². The quantitative estimate of drug-likeness (QED) is 0.789. The van der Waals surface area contributed by atoms with Crippen LogP contribution in [0, 0.1) is 5.41 Å². The van der Waals surface area contributed by atoms with Gasteiger partial charge in [-0.05, 0) is 31.1 Å². The van der Waals surface area contributed by atoms with E-state index in [0.717, 1.165) is 25.9 Å². The Hall–Kier alpha value is -1.30. The predicted octanol–water partition coefficient (Wildman–Crippen LogP) is 0.979. The first-order valence-corrected chi connectivity index (χ1v) is 7.52. The molecule has 1 heterocycles. The number of aliphatic carboxylic acids is 1. The Morgan fingerprint density at radius 1 is 1.20 bits per heavy atom. The van der Waals surface area contributed by atoms with Crippen molar-refractivity contribution in [2.75, 3.05) is 39.3 Å². The number of nitrogens with one attached hydrogen (secondary N) is 1. The molecule has 0 bridgehead atoms. The van der Waals surface area contributed by atoms with Crippen LogP contribution in [0.1, 0.15) is 32.6 Å². The molecular weight excluding hydrogens is 258 g/mol. The molecule has 0 aromatic carbocycles. The van der Waals surface area contributed by atoms with Crippen LogP contribution < -0.4 is 5.32 Å². The van der Waals surface area contributed by atoms with Crippen LogP contribution in [0.2, 0.25) is 0 Å². The fourth-order valence-corrected chi connectivity index (χ4v) is 2.73. The molecule has 0 atom stereocenters. The molecule has 2 rings (SSSR count). The normalized spacial score (nSPS) is 22.1. The highest BCUT2D eigenvalue weighted by molar-refractivity contribution is 5.74. The Bertz CT molecular complexity index is 369. The molecule has 20 heavy (non-hydrogen) atoms. The van der Waals surface area contributed by atoms with E-state index in [2.05, 4.69) is 12.2 Å². The second-order valence-corrected chi connectivity index (χ2v) is 6.02. The Morgan fingerprint density at radius 3 is 2.55 bits per heavy atom. The molecule has 2 amide bonds. The average molecular weight is 283 g/mol. The maximum absolute atomic E-state index is 12.2. The van der Waals surface area contributed by atoms with Crippen molar-refractivity contribution in [3.63, 3.8) is 0 Å². The van der Waals surface area contributed by atoms with Gasteiger partial charge in [-0.1, -0.05) is 6.92 Å². The zero-order valence-corrected chi connectivity index (χ0v) is 12.2. The number of amides is 2. The Balaban J connectivity index is 1.75. The summed E-state index contributed by atoms with van der Waals surface area (Å²) in [5, 5.41) is 11.8. The van der Waals surface area contributed by atoms with Crippen molar-refractivity contribution in [3.8, 4) is 0 Å². The van der Waals surface area contributed by atoms with Crippen LogP contribution in [0.15, 0.2) is 0 Å². The van der Waals surface area contributed by atoms with Crippen LogP contribution in [-0.4, -0.2) is 66.2 Å². The van der Waals surface area contributed by atoms with Gasteiger partial charge in [-0.15, -0.1) is 0 Å². The number of rotatable bonds is 5. The van der Waals surface area contributed by atoms with Gasteiger partial charge in [0.25, 0.3) is 0 Å². The minimum absolute atomic E-state index is 0.00176. The van der Waals surface area contributed by atoms with E-state index < -0.39 is 5.97 Å². The van der Waals surface area contributed by atoms with Gasteiger partial charge in [0.2, 0.25) is 0 Å². The fraction of sp³-hybridized carbons (Fsp3) is 0.857. The summed E-state index contributed by atoms with van der Waals surface area (Å²) in [6.07, 6.45) is 4.39. The van der Waals surface area contributed by atoms with Gasteiger partial charge in [0.15, 0.2) is 0 Å². The lowest BCUT2D eigenvalue weighted by atomic mass is 10.0. The second kappa shape index (κ2) is 6.43. The zero-order valence-electron chi connectivity index (χ0n) is 12.2. The topological polar surface area (TPSA) is 72.9 Å². The average Bonchev–Trinajstić information content (AvgIpc) is 3.20. The summed E-state index contributed by atoms with van der Waals surface area (Å²) in [6, 6.07) is 0.00176. The van der Waals surface area contributed by atoms with Gasteiger partial charge >= 0.3 is 12.0 Å². The minimum atomic E-state index is -0.804. The van der Waals surface area contributed by atoms with Gasteiger partial charge in [0, 0.05) is 32.7 Å². The van der Waals surface area contributed by atoms with Crippen LogP contribution in [0.3, 0.4) is 0 Å². The van der Waals surface area contributed by atoms with Crippen molar-refractivity contribution >= 4 is 12.0 Å². The van der Waals surface area contributed by atoms with Crippen molar-refractivity contribution in [3.05, 3.63) is 0 Å². The van der Waals surface area contributed by atoms with Crippen LogP contribution >= 0.6 is 0 Å². The molecule has 2 N–H and O–H groups in total. The highest BCUT2D eigenvalue weighted by atomic mass is 16.4. The second-order valence-electron chi connectivity index (χ2n) is 6.02. The van der Waals surface area contributed by atoms with E-state index in [4.69, 9.17) is 5.11 Å². The third-order valence-corrected chi connectivity index (χ3v) is 4.56. The molecule has 6 nitrogen and oxygen atoms in total. The lowest BCUT2D eigenvalue weighted by Gasteiger charge is -2.23. The number of hydrogen-bond acceptors (Lipinski definition) is 3. The third kappa shape index (κ3) is 4.10. The maximum atomic E-state index is 12.2. The van der Waals surface area contributed by atoms with Crippen molar-refractivity contribution in [1.29, 1.82) is 0 Å². The van der Waals surface area contributed by atoms with Crippen LogP contribution in [0.4, 0.5) is 4.79 Å². The lowest BCUT2D eigenvalue weighted by Crippen LogP contribution is -2.44. The van der Waals surface area contributed by atoms with Crippen molar-refractivity contribution in [2.45, 2.75) is 32.6 Å². The summed E-state index contributed by atoms with van der Waals surface area (Å²) in [5.41, 5.74) is 0.358. The van der Waals surface area contributed by atoms with Gasteiger partial charge in [-0.25, -0.2) is 4.79 Å². The molecule has 1 saturated heterocycles. The van der Waals surface area contributed by atoms with Crippen molar-refractivity contribution < 1.29 is 14.7 Å². The fourth-order valence-electron chi connectivity index (χ4n) is 2.73. The SMILES string of the molecule is CCC1(CNC(=O)N2CCCN(CC(=O)O)CC2)CC1. The van der Waals surface area contributed by atoms with E-state index in [0.29, 0.717) is 25.0 Å². The number of carboxylic acid groups (broad SMARTS) is 1. The summed E-state index contributed by atoms with van der Waals surface area (Å²) < 4.78 is 0. The summed E-state index contributed by atoms with van der Waals surface area (Å²) >= 11 is 0. The number of urea groups is 1. The first kappa shape index (κ1) is 15.1. The maximum Gasteiger partial charge on any atom is 0.317 e. The number of carbonyl (C=O) groups excluding carboxylic acids is 1. The predicted molar refractivity (Wildman–Crippen MR) is 75.6 cm³/mol. The van der Waals surface area contributed by atoms with E-state index >= 15 is 0 Å². The van der Waals surface area contributed by atoms with Gasteiger partial charge in [-0.2, -0.15) is 0 Å². The van der Waals surface area contributed by atoms with Crippen LogP contribution in [-0.2, 0) is 4.79 Å². The number of hydrogen-bond donors (Lipinski definition) is 2. The van der Waals surface area contributed by atoms with E-state index in [9.17, 15) is 9.59 Å². The number of nitrogens with zero attached hydrogens (tertiary/aromatic N) is 2. The Labute approximate surface area is 120 Å². The molecule has 2 fully saturated rings. The summed E-state index contributed by atoms with van der Waals surface area (Å²) in [5.74, 6) is -0.804. The largest absolute Gasteiger partial charge is 0.480 e. The van der Waals surface area contributed by atoms with E-state index in [1.165, 1.54) is 12.8 Å². The van der Waals surface area contributed by atoms with Crippen molar-refractivity contribution in [2.24, 2.45) is 5.41 Å². The first-order valence-electron chi connectivity index (χ1n) is 7.52. The minimum Gasteiger partial charge on any atom is -0.480 e. The van der Waals surface area contributed by atoms with Gasteiger partial charge < -0.3 is 15.3 Å². The molecule has 0 aromatic rings. The van der Waals surface area contributed by atoms with E-state index in [-0.39, 0.29) is 12.6 Å². The monoisotopic (exact) mass is 283 g/mol. The smallest absolute Gasteiger partial charge is 0.317 e. The van der Waals surface area contributed by atoms with Crippen LogP contribution in [0.5, 0.6) is 0 Å². The molecule has 0 unspecified atom stereocenters. The molecule has 6 heteroatoms. The first-order chi connectivity index (χ1) is 9.54. The lowest BCUT2D eigenvalue weighted by molar-refractivity contribution is -0.138. The molecule has 114 valence electrons. The van der Waals surface area contributed by atoms with Gasteiger partial charge in [0.05, 0.1) is 6.54 Å². The third-order valence-electron chi connectivity index (χ3n) is 4.56. The van der Waals surface area contributed by atoms with Gasteiger partial charge in [0.1, 0.15) is 0 Å². The molecule has 0 spiro atoms. The molecule has 0 aromatic heterocycles. The standard InChI is InChI=1S/C14H25N3O3/c1-2-14(4-5-14)11-15-13(20)17-7-3-6-16(8-9-17)10-12(18)19/h2-11H2,1H3,(H,15,20)(H,18,19). The van der Waals surface area contributed by atoms with Crippen molar-refractivity contribution in [1.82, 2.24) is 15.1 Å². The Kier molecular flexibility index (Phi) is 4.86. The molecule has 2 aliphatic rings. The summed E-state index contributed by atoms with van der Waals surface area (Å²) in [4.78, 5) is 26.6. The molecule has 1 aliphatic carbocycles. The van der Waals surface area contributed by atoms with Crippen LogP contribution in [0.25, 0.3) is 0 Å². The molecule has 1 saturated carbocycles. The summed E-state index contributed by atoms with van der Waals surface area (Å²) in [6.45, 7) is 5.72. The Morgan fingerprint density at radius 2 is 1.95 bits per heavy atom. The molecule has 0 radical (unpaired) electrons. The highest BCUT2D eigenvalue weighted by Gasteiger charge is 2.40. The van der Waals surface area contributed by atoms with E-state index in [1.54, 1.807) is 0 Å². The molecule has 1 aliphatic heterocycles.